The third-order valence-electron chi connectivity index (χ3n) is 3.81. The molecule has 1 fully saturated rings. The second-order valence-electron chi connectivity index (χ2n) is 5.20. The fraction of sp³-hybridized carbons (Fsp3) is 0.533. The summed E-state index contributed by atoms with van der Waals surface area (Å²) in [6, 6.07) is 6.70. The Kier molecular flexibility index (Phi) is 3.71. The summed E-state index contributed by atoms with van der Waals surface area (Å²) in [6.45, 7) is 8.88. The Morgan fingerprint density at radius 2 is 2.17 bits per heavy atom. The van der Waals surface area contributed by atoms with Gasteiger partial charge in [0, 0.05) is 6.04 Å². The number of hydrogen-bond donors (Lipinski definition) is 1. The van der Waals surface area contributed by atoms with Crippen LogP contribution in [-0.4, -0.2) is 23.4 Å². The third-order valence-corrected chi connectivity index (χ3v) is 3.81. The molecule has 3 heteroatoms. The van der Waals surface area contributed by atoms with Gasteiger partial charge in [0.15, 0.2) is 0 Å². The molecular weight excluding hydrogens is 224 g/mol. The Bertz CT molecular complexity index is 456. The summed E-state index contributed by atoms with van der Waals surface area (Å²) in [5, 5.41) is 3.33. The van der Waals surface area contributed by atoms with Crippen LogP contribution in [0, 0.1) is 13.8 Å². The van der Waals surface area contributed by atoms with Crippen molar-refractivity contribution in [2.24, 2.45) is 0 Å². The van der Waals surface area contributed by atoms with Crippen molar-refractivity contribution in [1.29, 1.82) is 0 Å². The van der Waals surface area contributed by atoms with E-state index in [4.69, 9.17) is 0 Å². The molecule has 2 unspecified atom stereocenters. The first-order chi connectivity index (χ1) is 8.54. The van der Waals surface area contributed by atoms with Crippen LogP contribution in [0.1, 0.15) is 43.1 Å². The highest BCUT2D eigenvalue weighted by molar-refractivity contribution is 5.81. The van der Waals surface area contributed by atoms with Crippen molar-refractivity contribution in [2.75, 3.05) is 6.54 Å². The Morgan fingerprint density at radius 3 is 2.83 bits per heavy atom. The zero-order valence-electron chi connectivity index (χ0n) is 11.7. The van der Waals surface area contributed by atoms with Gasteiger partial charge >= 0.3 is 0 Å². The molecule has 0 spiro atoms. The van der Waals surface area contributed by atoms with Crippen LogP contribution in [-0.2, 0) is 4.79 Å². The van der Waals surface area contributed by atoms with Crippen molar-refractivity contribution in [3.63, 3.8) is 0 Å². The van der Waals surface area contributed by atoms with E-state index in [1.807, 2.05) is 4.90 Å². The first kappa shape index (κ1) is 13.1. The van der Waals surface area contributed by atoms with Gasteiger partial charge in [-0.25, -0.2) is 0 Å². The minimum atomic E-state index is 0.0346. The molecule has 0 bridgehead atoms. The SMILES string of the molecule is CCC(C)N1C(=O)CNC1c1cc(C)ccc1C. The molecule has 2 atom stereocenters. The summed E-state index contributed by atoms with van der Waals surface area (Å²) < 4.78 is 0. The standard InChI is InChI=1S/C15H22N2O/c1-5-12(4)17-14(18)9-16-15(17)13-8-10(2)6-7-11(13)3/h6-8,12,15-16H,5,9H2,1-4H3. The van der Waals surface area contributed by atoms with Gasteiger partial charge in [-0.15, -0.1) is 0 Å². The maximum Gasteiger partial charge on any atom is 0.238 e. The van der Waals surface area contributed by atoms with Crippen LogP contribution in [0.25, 0.3) is 0 Å². The molecule has 2 rings (SSSR count). The first-order valence-corrected chi connectivity index (χ1v) is 6.66. The predicted octanol–water partition coefficient (Wildman–Crippen LogP) is 2.53. The fourth-order valence-corrected chi connectivity index (χ4v) is 2.53. The first-order valence-electron chi connectivity index (χ1n) is 6.66. The van der Waals surface area contributed by atoms with Gasteiger partial charge in [0.1, 0.15) is 6.17 Å². The molecule has 18 heavy (non-hydrogen) atoms. The van der Waals surface area contributed by atoms with Crippen molar-refractivity contribution in [3.8, 4) is 0 Å². The lowest BCUT2D eigenvalue weighted by Crippen LogP contribution is -2.37. The second kappa shape index (κ2) is 5.11. The summed E-state index contributed by atoms with van der Waals surface area (Å²) >= 11 is 0. The van der Waals surface area contributed by atoms with Crippen molar-refractivity contribution in [1.82, 2.24) is 10.2 Å². The Labute approximate surface area is 109 Å². The summed E-state index contributed by atoms with van der Waals surface area (Å²) in [4.78, 5) is 14.0. The number of carbonyl (C=O) groups is 1. The number of amides is 1. The van der Waals surface area contributed by atoms with Crippen LogP contribution in [0.4, 0.5) is 0 Å². The molecule has 1 aromatic rings. The fourth-order valence-electron chi connectivity index (χ4n) is 2.53. The largest absolute Gasteiger partial charge is 0.319 e. The van der Waals surface area contributed by atoms with Crippen LogP contribution < -0.4 is 5.32 Å². The molecule has 0 aliphatic carbocycles. The minimum Gasteiger partial charge on any atom is -0.319 e. The normalized spacial score (nSPS) is 21.4. The highest BCUT2D eigenvalue weighted by Gasteiger charge is 2.34. The molecule has 98 valence electrons. The average molecular weight is 246 g/mol. The lowest BCUT2D eigenvalue weighted by atomic mass is 10.0. The summed E-state index contributed by atoms with van der Waals surface area (Å²) in [7, 11) is 0. The molecule has 1 amide bonds. The molecule has 1 aromatic carbocycles. The van der Waals surface area contributed by atoms with E-state index in [1.165, 1.54) is 16.7 Å². The summed E-state index contributed by atoms with van der Waals surface area (Å²) in [6.07, 6.45) is 1.02. The number of carbonyl (C=O) groups excluding carboxylic acids is 1. The minimum absolute atomic E-state index is 0.0346. The lowest BCUT2D eigenvalue weighted by Gasteiger charge is -2.31. The molecule has 0 aromatic heterocycles. The second-order valence-corrected chi connectivity index (χ2v) is 5.20. The van der Waals surface area contributed by atoms with Crippen molar-refractivity contribution in [2.45, 2.75) is 46.3 Å². The molecule has 0 radical (unpaired) electrons. The van der Waals surface area contributed by atoms with Crippen molar-refractivity contribution >= 4 is 5.91 Å². The Morgan fingerprint density at radius 1 is 1.44 bits per heavy atom. The molecule has 1 aliphatic heterocycles. The van der Waals surface area contributed by atoms with Crippen LogP contribution in [0.3, 0.4) is 0 Å². The number of aryl methyl sites for hydroxylation is 2. The van der Waals surface area contributed by atoms with E-state index in [0.717, 1.165) is 6.42 Å². The predicted molar refractivity (Wildman–Crippen MR) is 73.3 cm³/mol. The lowest BCUT2D eigenvalue weighted by molar-refractivity contribution is -0.130. The van der Waals surface area contributed by atoms with E-state index in [2.05, 4.69) is 51.2 Å². The van der Waals surface area contributed by atoms with Gasteiger partial charge in [0.25, 0.3) is 0 Å². The number of benzene rings is 1. The van der Waals surface area contributed by atoms with Gasteiger partial charge in [0.05, 0.1) is 6.54 Å². The molecule has 0 saturated carbocycles. The smallest absolute Gasteiger partial charge is 0.238 e. The summed E-state index contributed by atoms with van der Waals surface area (Å²) in [5.41, 5.74) is 3.70. The summed E-state index contributed by atoms with van der Waals surface area (Å²) in [5.74, 6) is 0.204. The van der Waals surface area contributed by atoms with Crippen LogP contribution in [0.5, 0.6) is 0 Å². The van der Waals surface area contributed by atoms with Crippen LogP contribution in [0.15, 0.2) is 18.2 Å². The highest BCUT2D eigenvalue weighted by atomic mass is 16.2. The molecule has 1 aliphatic rings. The molecule has 1 N–H and O–H groups in total. The Balaban J connectivity index is 2.37. The maximum atomic E-state index is 12.0. The van der Waals surface area contributed by atoms with E-state index in [0.29, 0.717) is 6.54 Å². The van der Waals surface area contributed by atoms with Gasteiger partial charge in [-0.3, -0.25) is 10.1 Å². The molecule has 1 heterocycles. The van der Waals surface area contributed by atoms with Gasteiger partial charge < -0.3 is 4.90 Å². The quantitative estimate of drug-likeness (QED) is 0.889. The number of nitrogens with one attached hydrogen (secondary N) is 1. The van der Waals surface area contributed by atoms with Gasteiger partial charge in [-0.1, -0.05) is 30.7 Å². The molecule has 3 nitrogen and oxygen atoms in total. The van der Waals surface area contributed by atoms with Crippen LogP contribution >= 0.6 is 0 Å². The van der Waals surface area contributed by atoms with E-state index in [1.54, 1.807) is 0 Å². The third kappa shape index (κ3) is 2.27. The van der Waals surface area contributed by atoms with Gasteiger partial charge in [0.2, 0.25) is 5.91 Å². The molecular formula is C15H22N2O. The van der Waals surface area contributed by atoms with E-state index >= 15 is 0 Å². The van der Waals surface area contributed by atoms with Crippen molar-refractivity contribution in [3.05, 3.63) is 34.9 Å². The van der Waals surface area contributed by atoms with Crippen molar-refractivity contribution < 1.29 is 4.79 Å². The number of hydrogen-bond acceptors (Lipinski definition) is 2. The maximum absolute atomic E-state index is 12.0. The Hall–Kier alpha value is -1.35. The zero-order valence-corrected chi connectivity index (χ0v) is 11.7. The zero-order chi connectivity index (χ0) is 13.3. The van der Waals surface area contributed by atoms with Gasteiger partial charge in [-0.2, -0.15) is 0 Å². The number of nitrogens with zero attached hydrogens (tertiary/aromatic N) is 1. The topological polar surface area (TPSA) is 32.3 Å². The van der Waals surface area contributed by atoms with E-state index < -0.39 is 0 Å². The van der Waals surface area contributed by atoms with Gasteiger partial charge in [-0.05, 0) is 38.3 Å². The van der Waals surface area contributed by atoms with E-state index in [9.17, 15) is 4.79 Å². The number of rotatable bonds is 3. The average Bonchev–Trinajstić information content (AvgIpc) is 2.73. The van der Waals surface area contributed by atoms with E-state index in [-0.39, 0.29) is 18.1 Å². The highest BCUT2D eigenvalue weighted by Crippen LogP contribution is 2.28. The molecule has 1 saturated heterocycles. The van der Waals surface area contributed by atoms with Crippen LogP contribution in [0.2, 0.25) is 0 Å². The monoisotopic (exact) mass is 246 g/mol.